The normalized spacial score (nSPS) is 15.0. The fraction of sp³-hybridized carbons (Fsp3) is 0.421. The molecule has 1 N–H and O–H groups in total. The summed E-state index contributed by atoms with van der Waals surface area (Å²) < 4.78 is 5.42. The lowest BCUT2D eigenvalue weighted by molar-refractivity contribution is 0.369. The quantitative estimate of drug-likeness (QED) is 0.626. The van der Waals surface area contributed by atoms with Gasteiger partial charge in [0, 0.05) is 55.7 Å². The molecule has 1 aromatic heterocycles. The van der Waals surface area contributed by atoms with Crippen LogP contribution in [-0.4, -0.2) is 60.7 Å². The molecule has 2 heterocycles. The van der Waals surface area contributed by atoms with E-state index >= 15 is 0 Å². The van der Waals surface area contributed by atoms with Gasteiger partial charge in [0.25, 0.3) is 0 Å². The average Bonchev–Trinajstić information content (AvgIpc) is 2.72. The number of anilines is 1. The predicted octanol–water partition coefficient (Wildman–Crippen LogP) is 2.43. The van der Waals surface area contributed by atoms with Crippen molar-refractivity contribution in [1.82, 2.24) is 20.2 Å². The van der Waals surface area contributed by atoms with Crippen molar-refractivity contribution in [2.45, 2.75) is 13.5 Å². The molecule has 0 aliphatic carbocycles. The van der Waals surface area contributed by atoms with Crippen LogP contribution in [0.25, 0.3) is 0 Å². The highest BCUT2D eigenvalue weighted by atomic mass is 35.5. The van der Waals surface area contributed by atoms with Crippen molar-refractivity contribution in [3.63, 3.8) is 0 Å². The van der Waals surface area contributed by atoms with Gasteiger partial charge >= 0.3 is 0 Å². The minimum absolute atomic E-state index is 0.532. The van der Waals surface area contributed by atoms with Crippen molar-refractivity contribution in [2.24, 2.45) is 4.99 Å². The van der Waals surface area contributed by atoms with Gasteiger partial charge in [-0.2, -0.15) is 0 Å². The van der Waals surface area contributed by atoms with Crippen molar-refractivity contribution < 1.29 is 4.74 Å². The monoisotopic (exact) mass is 388 g/mol. The van der Waals surface area contributed by atoms with E-state index in [1.165, 1.54) is 0 Å². The maximum atomic E-state index is 6.04. The molecule has 0 bridgehead atoms. The Morgan fingerprint density at radius 3 is 2.63 bits per heavy atom. The van der Waals surface area contributed by atoms with Crippen molar-refractivity contribution in [3.05, 3.63) is 47.2 Å². The number of nitrogens with zero attached hydrogens (tertiary/aromatic N) is 5. The van der Waals surface area contributed by atoms with Crippen LogP contribution in [0.4, 0.5) is 5.95 Å². The zero-order chi connectivity index (χ0) is 19.1. The number of aromatic nitrogens is 2. The lowest BCUT2D eigenvalue weighted by Gasteiger charge is -2.36. The van der Waals surface area contributed by atoms with Gasteiger partial charge in [-0.3, -0.25) is 0 Å². The van der Waals surface area contributed by atoms with E-state index in [9.17, 15) is 0 Å². The second kappa shape index (κ2) is 9.41. The maximum Gasteiger partial charge on any atom is 0.225 e. The van der Waals surface area contributed by atoms with E-state index in [-0.39, 0.29) is 0 Å². The topological polar surface area (TPSA) is 65.9 Å². The first kappa shape index (κ1) is 19.2. The van der Waals surface area contributed by atoms with E-state index < -0.39 is 0 Å². The number of halogens is 1. The first-order valence-electron chi connectivity index (χ1n) is 9.09. The number of nitrogens with one attached hydrogen (secondary N) is 1. The minimum atomic E-state index is 0.532. The molecule has 144 valence electrons. The first-order valence-corrected chi connectivity index (χ1v) is 9.46. The second-order valence-electron chi connectivity index (χ2n) is 6.15. The van der Waals surface area contributed by atoms with Crippen LogP contribution in [0.3, 0.4) is 0 Å². The lowest BCUT2D eigenvalue weighted by atomic mass is 10.2. The number of aliphatic imine (C=N–C) groups is 1. The molecule has 1 aliphatic heterocycles. The fourth-order valence-electron chi connectivity index (χ4n) is 3.01. The second-order valence-corrected chi connectivity index (χ2v) is 6.59. The number of piperazine rings is 1. The molecule has 1 fully saturated rings. The highest BCUT2D eigenvalue weighted by molar-refractivity contribution is 6.30. The molecule has 1 aliphatic rings. The molecule has 8 heteroatoms. The zero-order valence-electron chi connectivity index (χ0n) is 15.7. The molecule has 2 aromatic rings. The molecule has 1 aromatic carbocycles. The number of benzene rings is 1. The molecule has 0 amide bonds. The van der Waals surface area contributed by atoms with Gasteiger partial charge in [0.15, 0.2) is 5.96 Å². The summed E-state index contributed by atoms with van der Waals surface area (Å²) in [4.78, 5) is 17.9. The maximum absolute atomic E-state index is 6.04. The summed E-state index contributed by atoms with van der Waals surface area (Å²) in [5.41, 5.74) is 1.01. The van der Waals surface area contributed by atoms with Crippen LogP contribution in [0, 0.1) is 0 Å². The third-order valence-corrected chi connectivity index (χ3v) is 4.63. The van der Waals surface area contributed by atoms with Crippen LogP contribution >= 0.6 is 11.6 Å². The molecular formula is C19H25ClN6O. The molecular weight excluding hydrogens is 364 g/mol. The summed E-state index contributed by atoms with van der Waals surface area (Å²) in [7, 11) is 1.65. The summed E-state index contributed by atoms with van der Waals surface area (Å²) >= 11 is 6.04. The highest BCUT2D eigenvalue weighted by Gasteiger charge is 2.21. The van der Waals surface area contributed by atoms with Crippen LogP contribution in [0.15, 0.2) is 41.7 Å². The number of hydrogen-bond acceptors (Lipinski definition) is 5. The van der Waals surface area contributed by atoms with Gasteiger partial charge in [0.2, 0.25) is 5.95 Å². The Morgan fingerprint density at radius 2 is 1.96 bits per heavy atom. The fourth-order valence-corrected chi connectivity index (χ4v) is 3.17. The number of ether oxygens (including phenoxy) is 1. The summed E-state index contributed by atoms with van der Waals surface area (Å²) in [5.74, 6) is 2.45. The van der Waals surface area contributed by atoms with Gasteiger partial charge in [-0.15, -0.1) is 0 Å². The van der Waals surface area contributed by atoms with Gasteiger partial charge in [0.1, 0.15) is 5.75 Å². The van der Waals surface area contributed by atoms with E-state index in [0.717, 1.165) is 55.9 Å². The Labute approximate surface area is 165 Å². The van der Waals surface area contributed by atoms with Crippen molar-refractivity contribution in [1.29, 1.82) is 0 Å². The standard InChI is InChI=1S/C19H25ClN6O/c1-3-21-18(24-14-15-5-6-16(20)13-17(15)27-2)25-9-11-26(12-10-25)19-22-7-4-8-23-19/h4-8,13H,3,9-12,14H2,1-2H3,(H,21,24). The molecule has 0 spiro atoms. The molecule has 0 saturated carbocycles. The molecule has 0 atom stereocenters. The van der Waals surface area contributed by atoms with Crippen LogP contribution < -0.4 is 15.0 Å². The molecule has 1 saturated heterocycles. The van der Waals surface area contributed by atoms with Gasteiger partial charge in [-0.25, -0.2) is 15.0 Å². The van der Waals surface area contributed by atoms with Gasteiger partial charge < -0.3 is 19.9 Å². The van der Waals surface area contributed by atoms with Crippen molar-refractivity contribution >= 4 is 23.5 Å². The lowest BCUT2D eigenvalue weighted by Crippen LogP contribution is -2.52. The van der Waals surface area contributed by atoms with Gasteiger partial charge in [-0.1, -0.05) is 17.7 Å². The Balaban J connectivity index is 1.66. The Morgan fingerprint density at radius 1 is 1.22 bits per heavy atom. The Kier molecular flexibility index (Phi) is 6.70. The van der Waals surface area contributed by atoms with Gasteiger partial charge in [-0.05, 0) is 25.1 Å². The van der Waals surface area contributed by atoms with Crippen LogP contribution in [-0.2, 0) is 6.54 Å². The third kappa shape index (κ3) is 5.01. The number of rotatable bonds is 5. The zero-order valence-corrected chi connectivity index (χ0v) is 16.5. The number of hydrogen-bond donors (Lipinski definition) is 1. The molecule has 3 rings (SSSR count). The highest BCUT2D eigenvalue weighted by Crippen LogP contribution is 2.23. The molecule has 0 radical (unpaired) electrons. The minimum Gasteiger partial charge on any atom is -0.496 e. The van der Waals surface area contributed by atoms with Crippen LogP contribution in [0.2, 0.25) is 5.02 Å². The van der Waals surface area contributed by atoms with E-state index in [1.54, 1.807) is 19.5 Å². The Hall–Kier alpha value is -2.54. The average molecular weight is 389 g/mol. The number of guanidine groups is 1. The summed E-state index contributed by atoms with van der Waals surface area (Å²) in [6.45, 7) is 6.87. The first-order chi connectivity index (χ1) is 13.2. The van der Waals surface area contributed by atoms with Crippen LogP contribution in [0.5, 0.6) is 5.75 Å². The molecule has 27 heavy (non-hydrogen) atoms. The summed E-state index contributed by atoms with van der Waals surface area (Å²) in [6.07, 6.45) is 3.56. The van der Waals surface area contributed by atoms with Crippen LogP contribution in [0.1, 0.15) is 12.5 Å². The smallest absolute Gasteiger partial charge is 0.225 e. The Bertz CT molecular complexity index is 762. The summed E-state index contributed by atoms with van der Waals surface area (Å²) in [5, 5.41) is 4.04. The number of methoxy groups -OCH3 is 1. The molecule has 0 unspecified atom stereocenters. The van der Waals surface area contributed by atoms with Crippen molar-refractivity contribution in [2.75, 3.05) is 44.7 Å². The van der Waals surface area contributed by atoms with E-state index in [2.05, 4.69) is 32.0 Å². The van der Waals surface area contributed by atoms with E-state index in [1.807, 2.05) is 24.3 Å². The predicted molar refractivity (Wildman–Crippen MR) is 109 cm³/mol. The largest absolute Gasteiger partial charge is 0.496 e. The third-order valence-electron chi connectivity index (χ3n) is 4.40. The SMILES string of the molecule is CCNC(=NCc1ccc(Cl)cc1OC)N1CCN(c2ncccn2)CC1. The summed E-state index contributed by atoms with van der Waals surface area (Å²) in [6, 6.07) is 7.47. The van der Waals surface area contributed by atoms with Gasteiger partial charge in [0.05, 0.1) is 13.7 Å². The molecule has 7 nitrogen and oxygen atoms in total. The van der Waals surface area contributed by atoms with Crippen molar-refractivity contribution in [3.8, 4) is 5.75 Å². The van der Waals surface area contributed by atoms with E-state index in [0.29, 0.717) is 11.6 Å². The van der Waals surface area contributed by atoms with E-state index in [4.69, 9.17) is 21.3 Å².